The first-order valence-electron chi connectivity index (χ1n) is 9.59. The highest BCUT2D eigenvalue weighted by Crippen LogP contribution is 2.26. The highest BCUT2D eigenvalue weighted by Gasteiger charge is 2.20. The molecule has 2 rings (SSSR count). The number of anilines is 2. The van der Waals surface area contributed by atoms with Crippen molar-refractivity contribution in [2.45, 2.75) is 46.0 Å². The van der Waals surface area contributed by atoms with Crippen LogP contribution in [0.1, 0.15) is 56.3 Å². The summed E-state index contributed by atoms with van der Waals surface area (Å²) in [6, 6.07) is 5.44. The van der Waals surface area contributed by atoms with Crippen LogP contribution in [0.25, 0.3) is 0 Å². The lowest BCUT2D eigenvalue weighted by Gasteiger charge is -2.30. The van der Waals surface area contributed by atoms with Crippen LogP contribution in [0.5, 0.6) is 0 Å². The molecule has 0 radical (unpaired) electrons. The van der Waals surface area contributed by atoms with E-state index in [1.54, 1.807) is 13.0 Å². The average Bonchev–Trinajstić information content (AvgIpc) is 2.66. The lowest BCUT2D eigenvalue weighted by atomic mass is 10.1. The van der Waals surface area contributed by atoms with Gasteiger partial charge in [-0.15, -0.1) is 0 Å². The number of ether oxygens (including phenoxy) is 2. The van der Waals surface area contributed by atoms with Gasteiger partial charge in [-0.25, -0.2) is 4.79 Å². The molecule has 0 aliphatic carbocycles. The maximum absolute atomic E-state index is 12.4. The van der Waals surface area contributed by atoms with Gasteiger partial charge in [0.15, 0.2) is 0 Å². The van der Waals surface area contributed by atoms with E-state index >= 15 is 0 Å². The Balaban J connectivity index is 2.09. The molecule has 6 nitrogen and oxygen atoms in total. The number of carbonyl (C=O) groups excluding carboxylic acids is 2. The predicted octanol–water partition coefficient (Wildman–Crippen LogP) is 3.61. The van der Waals surface area contributed by atoms with Gasteiger partial charge in [0.2, 0.25) is 5.91 Å². The van der Waals surface area contributed by atoms with E-state index in [0.29, 0.717) is 37.5 Å². The lowest BCUT2D eigenvalue weighted by molar-refractivity contribution is -0.116. The number of esters is 1. The van der Waals surface area contributed by atoms with Crippen LogP contribution >= 0.6 is 0 Å². The Morgan fingerprint density at radius 2 is 1.92 bits per heavy atom. The number of carbonyl (C=O) groups is 2. The Bertz CT molecular complexity index is 597. The van der Waals surface area contributed by atoms with Gasteiger partial charge < -0.3 is 19.7 Å². The van der Waals surface area contributed by atoms with E-state index in [4.69, 9.17) is 9.47 Å². The van der Waals surface area contributed by atoms with Crippen molar-refractivity contribution in [1.82, 2.24) is 0 Å². The van der Waals surface area contributed by atoms with Crippen LogP contribution in [0.3, 0.4) is 0 Å². The third-order valence-electron chi connectivity index (χ3n) is 4.38. The number of hydrogen-bond donors (Lipinski definition) is 1. The minimum absolute atomic E-state index is 0.0185. The molecule has 6 heteroatoms. The van der Waals surface area contributed by atoms with Crippen molar-refractivity contribution in [3.05, 3.63) is 23.8 Å². The monoisotopic (exact) mass is 362 g/mol. The molecule has 0 bridgehead atoms. The van der Waals surface area contributed by atoms with Gasteiger partial charge in [-0.2, -0.15) is 0 Å². The number of nitrogens with one attached hydrogen (secondary N) is 1. The van der Waals surface area contributed by atoms with Gasteiger partial charge in [0, 0.05) is 25.2 Å². The van der Waals surface area contributed by atoms with Crippen molar-refractivity contribution in [2.24, 2.45) is 0 Å². The Morgan fingerprint density at radius 3 is 2.62 bits per heavy atom. The van der Waals surface area contributed by atoms with Crippen molar-refractivity contribution >= 4 is 23.3 Å². The number of amides is 1. The van der Waals surface area contributed by atoms with Gasteiger partial charge in [0.05, 0.1) is 31.1 Å². The summed E-state index contributed by atoms with van der Waals surface area (Å²) in [4.78, 5) is 26.6. The maximum atomic E-state index is 12.4. The molecule has 0 atom stereocenters. The van der Waals surface area contributed by atoms with Crippen molar-refractivity contribution in [3.63, 3.8) is 0 Å². The van der Waals surface area contributed by atoms with Gasteiger partial charge >= 0.3 is 5.97 Å². The molecule has 0 spiro atoms. The van der Waals surface area contributed by atoms with Crippen molar-refractivity contribution in [2.75, 3.05) is 43.1 Å². The summed E-state index contributed by atoms with van der Waals surface area (Å²) in [5, 5.41) is 2.90. The summed E-state index contributed by atoms with van der Waals surface area (Å²) in [5.74, 6) is -0.386. The molecule has 0 saturated carbocycles. The van der Waals surface area contributed by atoms with Gasteiger partial charge in [0.1, 0.15) is 0 Å². The number of benzene rings is 1. The summed E-state index contributed by atoms with van der Waals surface area (Å²) < 4.78 is 10.6. The van der Waals surface area contributed by atoms with E-state index in [-0.39, 0.29) is 11.9 Å². The fourth-order valence-electron chi connectivity index (χ4n) is 3.00. The largest absolute Gasteiger partial charge is 0.462 e. The minimum Gasteiger partial charge on any atom is -0.462 e. The summed E-state index contributed by atoms with van der Waals surface area (Å²) >= 11 is 0. The zero-order valence-electron chi connectivity index (χ0n) is 15.9. The van der Waals surface area contributed by atoms with Crippen LogP contribution in [-0.4, -0.2) is 44.8 Å². The fourth-order valence-corrected chi connectivity index (χ4v) is 3.00. The van der Waals surface area contributed by atoms with E-state index in [2.05, 4.69) is 17.1 Å². The van der Waals surface area contributed by atoms with Crippen molar-refractivity contribution in [3.8, 4) is 0 Å². The average molecular weight is 362 g/mol. The quantitative estimate of drug-likeness (QED) is 0.537. The number of morpholine rings is 1. The van der Waals surface area contributed by atoms with E-state index in [1.807, 2.05) is 12.1 Å². The predicted molar refractivity (Wildman–Crippen MR) is 103 cm³/mol. The minimum atomic E-state index is -0.368. The van der Waals surface area contributed by atoms with E-state index < -0.39 is 0 Å². The van der Waals surface area contributed by atoms with Crippen molar-refractivity contribution < 1.29 is 19.1 Å². The molecule has 144 valence electrons. The third kappa shape index (κ3) is 6.02. The standard InChI is InChI=1S/C20H30N2O4/c1-3-5-6-7-8-19(23)21-16-9-10-18(22-11-13-25-14-12-22)17(15-16)20(24)26-4-2/h9-10,15H,3-8,11-14H2,1-2H3,(H,21,23). The first kappa shape index (κ1) is 20.2. The molecule has 1 aliphatic heterocycles. The van der Waals surface area contributed by atoms with Crippen molar-refractivity contribution in [1.29, 1.82) is 0 Å². The topological polar surface area (TPSA) is 67.9 Å². The molecule has 0 aromatic heterocycles. The molecule has 1 N–H and O–H groups in total. The van der Waals surface area contributed by atoms with Crippen LogP contribution in [0.2, 0.25) is 0 Å². The SMILES string of the molecule is CCCCCCC(=O)Nc1ccc(N2CCOCC2)c(C(=O)OCC)c1. The summed E-state index contributed by atoms with van der Waals surface area (Å²) in [7, 11) is 0. The van der Waals surface area contributed by atoms with Gasteiger partial charge in [-0.1, -0.05) is 26.2 Å². The van der Waals surface area contributed by atoms with E-state index in [0.717, 1.165) is 44.5 Å². The number of unbranched alkanes of at least 4 members (excludes halogenated alkanes) is 3. The molecule has 1 aromatic carbocycles. The smallest absolute Gasteiger partial charge is 0.340 e. The second kappa shape index (κ2) is 10.8. The normalized spacial score (nSPS) is 14.2. The third-order valence-corrected chi connectivity index (χ3v) is 4.38. The second-order valence-electron chi connectivity index (χ2n) is 6.41. The lowest BCUT2D eigenvalue weighted by Crippen LogP contribution is -2.37. The van der Waals surface area contributed by atoms with Crippen LogP contribution < -0.4 is 10.2 Å². The highest BCUT2D eigenvalue weighted by atomic mass is 16.5. The molecule has 1 amide bonds. The first-order valence-corrected chi connectivity index (χ1v) is 9.59. The molecule has 1 saturated heterocycles. The highest BCUT2D eigenvalue weighted by molar-refractivity contribution is 5.99. The molecule has 1 aliphatic rings. The Kier molecular flexibility index (Phi) is 8.41. The summed E-state index contributed by atoms with van der Waals surface area (Å²) in [5.41, 5.74) is 1.94. The van der Waals surface area contributed by atoms with E-state index in [9.17, 15) is 9.59 Å². The van der Waals surface area contributed by atoms with Crippen LogP contribution in [0, 0.1) is 0 Å². The number of hydrogen-bond acceptors (Lipinski definition) is 5. The molecular formula is C20H30N2O4. The molecule has 26 heavy (non-hydrogen) atoms. The second-order valence-corrected chi connectivity index (χ2v) is 6.41. The van der Waals surface area contributed by atoms with Crippen LogP contribution in [0.4, 0.5) is 11.4 Å². The molecular weight excluding hydrogens is 332 g/mol. The first-order chi connectivity index (χ1) is 12.7. The number of rotatable bonds is 9. The maximum Gasteiger partial charge on any atom is 0.340 e. The van der Waals surface area contributed by atoms with Crippen LogP contribution in [0.15, 0.2) is 18.2 Å². The molecule has 1 heterocycles. The summed E-state index contributed by atoms with van der Waals surface area (Å²) in [6.45, 7) is 6.98. The molecule has 1 fully saturated rings. The zero-order chi connectivity index (χ0) is 18.8. The van der Waals surface area contributed by atoms with E-state index in [1.165, 1.54) is 0 Å². The molecule has 0 unspecified atom stereocenters. The Labute approximate surface area is 155 Å². The zero-order valence-corrected chi connectivity index (χ0v) is 15.9. The van der Waals surface area contributed by atoms with Gasteiger partial charge in [-0.05, 0) is 31.5 Å². The van der Waals surface area contributed by atoms with Gasteiger partial charge in [-0.3, -0.25) is 4.79 Å². The Morgan fingerprint density at radius 1 is 1.15 bits per heavy atom. The van der Waals surface area contributed by atoms with Crippen LogP contribution in [-0.2, 0) is 14.3 Å². The Hall–Kier alpha value is -2.08. The number of nitrogens with zero attached hydrogens (tertiary/aromatic N) is 1. The summed E-state index contributed by atoms with van der Waals surface area (Å²) in [6.07, 6.45) is 4.74. The molecule has 1 aromatic rings. The van der Waals surface area contributed by atoms with Gasteiger partial charge in [0.25, 0.3) is 0 Å². The fraction of sp³-hybridized carbons (Fsp3) is 0.600.